The second-order valence-corrected chi connectivity index (χ2v) is 16.4. The van der Waals surface area contributed by atoms with Gasteiger partial charge < -0.3 is 9.47 Å². The lowest BCUT2D eigenvalue weighted by atomic mass is 9.44. The molecule has 0 amide bonds. The molecule has 2 bridgehead atoms. The first-order valence-corrected chi connectivity index (χ1v) is 17.8. The van der Waals surface area contributed by atoms with Gasteiger partial charge in [-0.15, -0.1) is 0 Å². The van der Waals surface area contributed by atoms with Crippen LogP contribution in [0.3, 0.4) is 0 Å². The van der Waals surface area contributed by atoms with E-state index in [9.17, 15) is 24.0 Å². The van der Waals surface area contributed by atoms with Gasteiger partial charge in [0.1, 0.15) is 23.1 Å². The fourth-order valence-corrected chi connectivity index (χ4v) is 11.8. The van der Waals surface area contributed by atoms with Crippen LogP contribution in [-0.2, 0) is 33.4 Å². The van der Waals surface area contributed by atoms with Crippen LogP contribution in [0.25, 0.3) is 0 Å². The highest BCUT2D eigenvalue weighted by atomic mass is 16.7. The van der Waals surface area contributed by atoms with Crippen molar-refractivity contribution in [3.63, 3.8) is 0 Å². The normalized spacial score (nSPS) is 45.8. The fraction of sp³-hybridized carbons (Fsp3) is 0.865. The van der Waals surface area contributed by atoms with Gasteiger partial charge in [0, 0.05) is 55.3 Å². The van der Waals surface area contributed by atoms with E-state index in [1.807, 2.05) is 0 Å². The molecule has 6 aliphatic carbocycles. The minimum atomic E-state index is -0.538. The van der Waals surface area contributed by atoms with Crippen LogP contribution in [0.15, 0.2) is 0 Å². The highest BCUT2D eigenvalue weighted by Crippen LogP contribution is 2.66. The van der Waals surface area contributed by atoms with Crippen LogP contribution < -0.4 is 0 Å². The summed E-state index contributed by atoms with van der Waals surface area (Å²) in [6, 6.07) is 0. The number of fused-ring (bicyclic) bond motifs is 7. The number of carbonyl (C=O) groups is 5. The van der Waals surface area contributed by atoms with Crippen molar-refractivity contribution in [1.82, 2.24) is 0 Å². The number of ether oxygens (including phenoxy) is 2. The number of hydrogen-bond donors (Lipinski definition) is 0. The third-order valence-corrected chi connectivity index (χ3v) is 14.3. The molecule has 0 radical (unpaired) electrons. The molecule has 44 heavy (non-hydrogen) atoms. The third kappa shape index (κ3) is 5.25. The average molecular weight is 611 g/mol. The van der Waals surface area contributed by atoms with Gasteiger partial charge in [0.05, 0.1) is 6.10 Å². The first-order chi connectivity index (χ1) is 20.9. The number of Topliss-reactive ketones (excluding diaryl/α,β-unsaturated/α-hetero) is 4. The molecule has 7 heteroatoms. The first kappa shape index (κ1) is 32.1. The molecular weight excluding hydrogens is 556 g/mol. The lowest BCUT2D eigenvalue weighted by Crippen LogP contribution is -2.60. The van der Waals surface area contributed by atoms with Gasteiger partial charge in [0.25, 0.3) is 0 Å². The highest BCUT2D eigenvalue weighted by molar-refractivity contribution is 5.93. The Morgan fingerprint density at radius 2 is 1.77 bits per heavy atom. The van der Waals surface area contributed by atoms with Crippen molar-refractivity contribution >= 4 is 29.1 Å². The number of rotatable bonds is 8. The van der Waals surface area contributed by atoms with Gasteiger partial charge in [-0.2, -0.15) is 0 Å². The van der Waals surface area contributed by atoms with Crippen molar-refractivity contribution in [2.45, 2.75) is 124 Å². The van der Waals surface area contributed by atoms with Gasteiger partial charge in [-0.1, -0.05) is 34.6 Å². The maximum atomic E-state index is 14.0. The molecule has 7 nitrogen and oxygen atoms in total. The summed E-state index contributed by atoms with van der Waals surface area (Å²) in [5.41, 5.74) is -0.647. The summed E-state index contributed by atoms with van der Waals surface area (Å²) in [5.74, 6) is 2.32. The zero-order chi connectivity index (χ0) is 31.6. The van der Waals surface area contributed by atoms with Crippen molar-refractivity contribution in [1.29, 1.82) is 0 Å². The Hall–Kier alpha value is -1.89. The van der Waals surface area contributed by atoms with Crippen LogP contribution in [0.5, 0.6) is 0 Å². The molecule has 0 aliphatic heterocycles. The lowest BCUT2D eigenvalue weighted by Gasteiger charge is -2.58. The smallest absolute Gasteiger partial charge is 0.307 e. The topological polar surface area (TPSA) is 104 Å². The molecule has 0 aromatic carbocycles. The van der Waals surface area contributed by atoms with Gasteiger partial charge in [0.15, 0.2) is 6.79 Å². The van der Waals surface area contributed by atoms with Crippen LogP contribution in [-0.4, -0.2) is 42.0 Å². The van der Waals surface area contributed by atoms with E-state index in [1.165, 1.54) is 0 Å². The molecular formula is C37H54O7. The predicted octanol–water partition coefficient (Wildman–Crippen LogP) is 6.54. The first-order valence-electron chi connectivity index (χ1n) is 17.8. The summed E-state index contributed by atoms with van der Waals surface area (Å²) in [5, 5.41) is 0. The Labute approximate surface area is 263 Å². The van der Waals surface area contributed by atoms with Gasteiger partial charge >= 0.3 is 5.97 Å². The summed E-state index contributed by atoms with van der Waals surface area (Å²) in [4.78, 5) is 65.4. The highest BCUT2D eigenvalue weighted by Gasteiger charge is 2.66. The predicted molar refractivity (Wildman–Crippen MR) is 164 cm³/mol. The van der Waals surface area contributed by atoms with Gasteiger partial charge in [-0.3, -0.25) is 24.0 Å². The van der Waals surface area contributed by atoms with Crippen LogP contribution in [0.2, 0.25) is 0 Å². The Morgan fingerprint density at radius 1 is 1.00 bits per heavy atom. The Balaban J connectivity index is 1.03. The number of carbonyl (C=O) groups excluding carboxylic acids is 5. The molecule has 0 N–H and O–H groups in total. The largest absolute Gasteiger partial charge is 0.438 e. The number of esters is 1. The third-order valence-electron chi connectivity index (χ3n) is 14.3. The van der Waals surface area contributed by atoms with Crippen molar-refractivity contribution < 1.29 is 33.4 Å². The Bertz CT molecular complexity index is 1190. The van der Waals surface area contributed by atoms with Gasteiger partial charge in [-0.05, 0) is 98.2 Å². The zero-order valence-electron chi connectivity index (χ0n) is 27.6. The van der Waals surface area contributed by atoms with Crippen LogP contribution in [0.4, 0.5) is 0 Å². The van der Waals surface area contributed by atoms with E-state index in [4.69, 9.17) is 9.47 Å². The van der Waals surface area contributed by atoms with E-state index >= 15 is 0 Å². The monoisotopic (exact) mass is 610 g/mol. The molecule has 0 saturated heterocycles. The summed E-state index contributed by atoms with van der Waals surface area (Å²) >= 11 is 0. The summed E-state index contributed by atoms with van der Waals surface area (Å²) in [6.07, 6.45) is 9.03. The second kappa shape index (κ2) is 12.0. The summed E-state index contributed by atoms with van der Waals surface area (Å²) < 4.78 is 11.7. The molecule has 0 spiro atoms. The van der Waals surface area contributed by atoms with E-state index in [-0.39, 0.29) is 95.5 Å². The van der Waals surface area contributed by atoms with Crippen molar-refractivity contribution in [3.8, 4) is 0 Å². The number of hydrogen-bond acceptors (Lipinski definition) is 7. The van der Waals surface area contributed by atoms with Crippen LogP contribution in [0.1, 0.15) is 118 Å². The average Bonchev–Trinajstić information content (AvgIpc) is 3.34. The number of ketones is 4. The van der Waals surface area contributed by atoms with E-state index in [0.717, 1.165) is 44.9 Å². The molecule has 244 valence electrons. The molecule has 0 aromatic rings. The maximum absolute atomic E-state index is 14.0. The minimum Gasteiger partial charge on any atom is -0.438 e. The summed E-state index contributed by atoms with van der Waals surface area (Å²) in [7, 11) is 0. The van der Waals surface area contributed by atoms with E-state index in [2.05, 4.69) is 34.6 Å². The quantitative estimate of drug-likeness (QED) is 0.227. The van der Waals surface area contributed by atoms with Crippen molar-refractivity contribution in [2.24, 2.45) is 70.0 Å². The van der Waals surface area contributed by atoms with Crippen LogP contribution in [0, 0.1) is 70.0 Å². The van der Waals surface area contributed by atoms with Crippen LogP contribution >= 0.6 is 0 Å². The maximum Gasteiger partial charge on any atom is 0.307 e. The standard InChI is InChI=1S/C37H54O7/c1-6-22-14-24-15-23(34(22)42)13-21(3)35(24)44-19-43-32(41)10-7-20(2)27-8-9-28-33-29(18-31(40)37(27,28)5)36(4)12-11-26(38)16-25(36)17-30(33)39/h20-25,27-29,33,35H,6-19H2,1-5H3. The van der Waals surface area contributed by atoms with Crippen molar-refractivity contribution in [3.05, 3.63) is 0 Å². The molecule has 6 aliphatic rings. The molecule has 13 unspecified atom stereocenters. The second-order valence-electron chi connectivity index (χ2n) is 16.4. The molecule has 0 heterocycles. The Morgan fingerprint density at radius 3 is 2.52 bits per heavy atom. The van der Waals surface area contributed by atoms with Gasteiger partial charge in [-0.25, -0.2) is 0 Å². The van der Waals surface area contributed by atoms with E-state index in [1.54, 1.807) is 0 Å². The SMILES string of the molecule is CCC1CC2CC(CC(C)C2OCOC(=O)CCC(C)C2CCC3C4C(=O)CC5CC(=O)CCC5(C)C4CC(=O)C23C)C1=O. The summed E-state index contributed by atoms with van der Waals surface area (Å²) in [6.45, 7) is 10.7. The van der Waals surface area contributed by atoms with Crippen molar-refractivity contribution in [2.75, 3.05) is 6.79 Å². The zero-order valence-corrected chi connectivity index (χ0v) is 27.6. The van der Waals surface area contributed by atoms with E-state index in [0.29, 0.717) is 49.6 Å². The Kier molecular flexibility index (Phi) is 8.78. The molecule has 6 rings (SSSR count). The van der Waals surface area contributed by atoms with E-state index < -0.39 is 5.41 Å². The molecule has 13 atom stereocenters. The molecule has 6 fully saturated rings. The van der Waals surface area contributed by atoms with Gasteiger partial charge in [0.2, 0.25) is 0 Å². The lowest BCUT2D eigenvalue weighted by molar-refractivity contribution is -0.176. The fourth-order valence-electron chi connectivity index (χ4n) is 11.8. The minimum absolute atomic E-state index is 0.0192. The molecule has 6 saturated carbocycles. The molecule has 0 aromatic heterocycles.